The second-order valence-electron chi connectivity index (χ2n) is 3.68. The van der Waals surface area contributed by atoms with Gasteiger partial charge in [-0.1, -0.05) is 11.2 Å². The number of carbonyl (C=O) groups is 1. The lowest BCUT2D eigenvalue weighted by Crippen LogP contribution is -2.06. The molecule has 0 atom stereocenters. The first-order chi connectivity index (χ1) is 8.16. The topological polar surface area (TPSA) is 78.3 Å². The zero-order valence-electron chi connectivity index (χ0n) is 9.34. The van der Waals surface area contributed by atoms with Gasteiger partial charge in [0.2, 0.25) is 0 Å². The van der Waals surface area contributed by atoms with E-state index in [4.69, 9.17) is 10.5 Å². The molecule has 0 saturated carbocycles. The second-order valence-corrected chi connectivity index (χ2v) is 3.68. The predicted octanol–water partition coefficient (Wildman–Crippen LogP) is 1.92. The summed E-state index contributed by atoms with van der Waals surface area (Å²) >= 11 is 0. The van der Waals surface area contributed by atoms with Crippen LogP contribution in [0.1, 0.15) is 21.5 Å². The summed E-state index contributed by atoms with van der Waals surface area (Å²) in [6, 6.07) is 5.07. The van der Waals surface area contributed by atoms with Crippen LogP contribution in [0.15, 0.2) is 35.2 Å². The van der Waals surface area contributed by atoms with E-state index >= 15 is 0 Å². The van der Waals surface area contributed by atoms with E-state index in [-0.39, 0.29) is 6.61 Å². The van der Waals surface area contributed by atoms with Crippen LogP contribution in [0.5, 0.6) is 0 Å². The van der Waals surface area contributed by atoms with E-state index in [2.05, 4.69) is 9.68 Å². The molecular formula is C12H12N2O3. The maximum absolute atomic E-state index is 11.7. The van der Waals surface area contributed by atoms with Gasteiger partial charge in [0.25, 0.3) is 0 Å². The van der Waals surface area contributed by atoms with Crippen LogP contribution in [0.3, 0.4) is 0 Å². The number of nitrogens with two attached hydrogens (primary N) is 1. The van der Waals surface area contributed by atoms with Crippen molar-refractivity contribution >= 4 is 11.7 Å². The molecule has 17 heavy (non-hydrogen) atoms. The van der Waals surface area contributed by atoms with Gasteiger partial charge in [0.1, 0.15) is 12.9 Å². The van der Waals surface area contributed by atoms with Crippen molar-refractivity contribution in [1.29, 1.82) is 0 Å². The number of carbonyl (C=O) groups excluding carboxylic acids is 1. The van der Waals surface area contributed by atoms with Crippen molar-refractivity contribution in [3.05, 3.63) is 47.3 Å². The van der Waals surface area contributed by atoms with Crippen molar-refractivity contribution in [2.75, 3.05) is 5.73 Å². The Labute approximate surface area is 98.2 Å². The Morgan fingerprint density at radius 2 is 2.35 bits per heavy atom. The molecule has 1 aromatic carbocycles. The molecule has 2 rings (SSSR count). The smallest absolute Gasteiger partial charge is 0.338 e. The highest BCUT2D eigenvalue weighted by Crippen LogP contribution is 2.14. The van der Waals surface area contributed by atoms with Gasteiger partial charge in [-0.2, -0.15) is 0 Å². The lowest BCUT2D eigenvalue weighted by Gasteiger charge is -2.05. The third-order valence-electron chi connectivity index (χ3n) is 2.37. The minimum absolute atomic E-state index is 0.135. The molecule has 0 fully saturated rings. The fraction of sp³-hybridized carbons (Fsp3) is 0.167. The van der Waals surface area contributed by atoms with E-state index in [0.29, 0.717) is 16.8 Å². The molecule has 0 unspecified atom stereocenters. The zero-order chi connectivity index (χ0) is 12.3. The minimum Gasteiger partial charge on any atom is -0.457 e. The first-order valence-electron chi connectivity index (χ1n) is 5.08. The standard InChI is InChI=1S/C12H12N2O3/c1-8-2-3-10(4-11(8)13)12(15)16-6-9-5-14-17-7-9/h2-5,7H,6,13H2,1H3. The summed E-state index contributed by atoms with van der Waals surface area (Å²) in [6.45, 7) is 2.01. The maximum atomic E-state index is 11.7. The number of ether oxygens (including phenoxy) is 1. The Morgan fingerprint density at radius 3 is 3.00 bits per heavy atom. The maximum Gasteiger partial charge on any atom is 0.338 e. The summed E-state index contributed by atoms with van der Waals surface area (Å²) in [5.74, 6) is -0.419. The van der Waals surface area contributed by atoms with E-state index in [1.54, 1.807) is 18.2 Å². The van der Waals surface area contributed by atoms with Crippen LogP contribution in [0.25, 0.3) is 0 Å². The third kappa shape index (κ3) is 2.63. The number of benzene rings is 1. The quantitative estimate of drug-likeness (QED) is 0.646. The van der Waals surface area contributed by atoms with Crippen LogP contribution in [0.2, 0.25) is 0 Å². The first kappa shape index (κ1) is 11.2. The van der Waals surface area contributed by atoms with Crippen LogP contribution >= 0.6 is 0 Å². The molecule has 5 heteroatoms. The highest BCUT2D eigenvalue weighted by molar-refractivity contribution is 5.90. The number of rotatable bonds is 3. The van der Waals surface area contributed by atoms with Crippen LogP contribution in [-0.2, 0) is 11.3 Å². The first-order valence-corrected chi connectivity index (χ1v) is 5.08. The summed E-state index contributed by atoms with van der Waals surface area (Å²) in [6.07, 6.45) is 2.92. The molecular weight excluding hydrogens is 220 g/mol. The zero-order valence-corrected chi connectivity index (χ0v) is 9.34. The van der Waals surface area contributed by atoms with Crippen molar-refractivity contribution in [2.45, 2.75) is 13.5 Å². The van der Waals surface area contributed by atoms with E-state index in [0.717, 1.165) is 5.56 Å². The number of hydrogen-bond donors (Lipinski definition) is 1. The van der Waals surface area contributed by atoms with E-state index in [9.17, 15) is 4.79 Å². The molecule has 2 N–H and O–H groups in total. The summed E-state index contributed by atoms with van der Waals surface area (Å²) in [4.78, 5) is 11.7. The molecule has 0 saturated heterocycles. The summed E-state index contributed by atoms with van der Waals surface area (Å²) in [5.41, 5.74) is 8.36. The van der Waals surface area contributed by atoms with Crippen LogP contribution < -0.4 is 5.73 Å². The molecule has 88 valence electrons. The molecule has 0 aliphatic carbocycles. The van der Waals surface area contributed by atoms with Crippen molar-refractivity contribution in [3.8, 4) is 0 Å². The van der Waals surface area contributed by atoms with Gasteiger partial charge in [0, 0.05) is 11.3 Å². The molecule has 0 amide bonds. The number of aromatic nitrogens is 1. The molecule has 0 spiro atoms. The number of hydrogen-bond acceptors (Lipinski definition) is 5. The van der Waals surface area contributed by atoms with Gasteiger partial charge >= 0.3 is 5.97 Å². The van der Waals surface area contributed by atoms with Crippen molar-refractivity contribution in [1.82, 2.24) is 5.16 Å². The van der Waals surface area contributed by atoms with Crippen molar-refractivity contribution in [3.63, 3.8) is 0 Å². The number of nitrogen functional groups attached to an aromatic ring is 1. The molecule has 2 aromatic rings. The number of anilines is 1. The molecule has 0 aliphatic heterocycles. The normalized spacial score (nSPS) is 10.2. The number of esters is 1. The molecule has 1 aromatic heterocycles. The Morgan fingerprint density at radius 1 is 1.53 bits per heavy atom. The summed E-state index contributed by atoms with van der Waals surface area (Å²) < 4.78 is 9.70. The minimum atomic E-state index is -0.419. The van der Waals surface area contributed by atoms with Crippen molar-refractivity contribution in [2.24, 2.45) is 0 Å². The Balaban J connectivity index is 2.02. The lowest BCUT2D eigenvalue weighted by atomic mass is 10.1. The number of aryl methyl sites for hydroxylation is 1. The molecule has 0 bridgehead atoms. The fourth-order valence-corrected chi connectivity index (χ4v) is 1.30. The van der Waals surface area contributed by atoms with E-state index < -0.39 is 5.97 Å². The Hall–Kier alpha value is -2.30. The monoisotopic (exact) mass is 232 g/mol. The average Bonchev–Trinajstić information content (AvgIpc) is 2.82. The fourth-order valence-electron chi connectivity index (χ4n) is 1.30. The predicted molar refractivity (Wildman–Crippen MR) is 61.2 cm³/mol. The highest BCUT2D eigenvalue weighted by atomic mass is 16.5. The molecule has 5 nitrogen and oxygen atoms in total. The largest absolute Gasteiger partial charge is 0.457 e. The Bertz CT molecular complexity index is 521. The summed E-state index contributed by atoms with van der Waals surface area (Å²) in [7, 11) is 0. The van der Waals surface area contributed by atoms with Crippen LogP contribution in [0, 0.1) is 6.92 Å². The second kappa shape index (κ2) is 4.69. The average molecular weight is 232 g/mol. The molecule has 0 aliphatic rings. The lowest BCUT2D eigenvalue weighted by molar-refractivity contribution is 0.0472. The number of nitrogens with zero attached hydrogens (tertiary/aromatic N) is 1. The SMILES string of the molecule is Cc1ccc(C(=O)OCc2cnoc2)cc1N. The van der Waals surface area contributed by atoms with Gasteiger partial charge in [0.15, 0.2) is 0 Å². The Kier molecular flexibility index (Phi) is 3.09. The molecule has 0 radical (unpaired) electrons. The van der Waals surface area contributed by atoms with Gasteiger partial charge in [0.05, 0.1) is 11.8 Å². The summed E-state index contributed by atoms with van der Waals surface area (Å²) in [5, 5.41) is 3.51. The third-order valence-corrected chi connectivity index (χ3v) is 2.37. The van der Waals surface area contributed by atoms with Crippen LogP contribution in [0.4, 0.5) is 5.69 Å². The van der Waals surface area contributed by atoms with E-state index in [1.807, 2.05) is 6.92 Å². The van der Waals surface area contributed by atoms with Gasteiger partial charge in [-0.25, -0.2) is 4.79 Å². The van der Waals surface area contributed by atoms with Gasteiger partial charge in [-0.05, 0) is 24.6 Å². The highest BCUT2D eigenvalue weighted by Gasteiger charge is 2.09. The van der Waals surface area contributed by atoms with Gasteiger partial charge in [-0.15, -0.1) is 0 Å². The van der Waals surface area contributed by atoms with Gasteiger partial charge in [-0.3, -0.25) is 0 Å². The van der Waals surface area contributed by atoms with Crippen molar-refractivity contribution < 1.29 is 14.1 Å². The van der Waals surface area contributed by atoms with E-state index in [1.165, 1.54) is 12.5 Å². The molecule has 1 heterocycles. The van der Waals surface area contributed by atoms with Gasteiger partial charge < -0.3 is 15.0 Å². The van der Waals surface area contributed by atoms with Crippen LogP contribution in [-0.4, -0.2) is 11.1 Å².